The summed E-state index contributed by atoms with van der Waals surface area (Å²) in [5.41, 5.74) is 4.34. The lowest BCUT2D eigenvalue weighted by molar-refractivity contribution is -0.116. The van der Waals surface area contributed by atoms with E-state index in [-0.39, 0.29) is 5.91 Å². The summed E-state index contributed by atoms with van der Waals surface area (Å²) in [6, 6.07) is 13.6. The average Bonchev–Trinajstić information content (AvgIpc) is 3.13. The molecule has 4 nitrogen and oxygen atoms in total. The molecule has 1 heterocycles. The van der Waals surface area contributed by atoms with Crippen LogP contribution in [0.1, 0.15) is 50.5 Å². The summed E-state index contributed by atoms with van der Waals surface area (Å²) in [4.78, 5) is 17.0. The third kappa shape index (κ3) is 4.05. The molecular weight excluding hydrogens is 336 g/mol. The Kier molecular flexibility index (Phi) is 5.23. The number of anilines is 1. The number of carbonyl (C=O) groups excluding carboxylic acids is 1. The van der Waals surface area contributed by atoms with Gasteiger partial charge in [-0.15, -0.1) is 0 Å². The second-order valence-electron chi connectivity index (χ2n) is 7.56. The van der Waals surface area contributed by atoms with Crippen LogP contribution < -0.4 is 5.32 Å². The van der Waals surface area contributed by atoms with Gasteiger partial charge in [0, 0.05) is 17.7 Å². The Hall–Kier alpha value is -2.62. The fraction of sp³-hybridized carbons (Fsp3) is 0.391. The van der Waals surface area contributed by atoms with Gasteiger partial charge in [-0.25, -0.2) is 4.98 Å². The van der Waals surface area contributed by atoms with Gasteiger partial charge in [0.15, 0.2) is 5.58 Å². The average molecular weight is 362 g/mol. The molecule has 0 saturated heterocycles. The van der Waals surface area contributed by atoms with Crippen LogP contribution in [0.15, 0.2) is 46.9 Å². The predicted octanol–water partition coefficient (Wildman–Crippen LogP) is 6.10. The van der Waals surface area contributed by atoms with Gasteiger partial charge < -0.3 is 9.73 Å². The summed E-state index contributed by atoms with van der Waals surface area (Å²) in [5.74, 6) is 1.40. The number of aromatic nitrogens is 1. The van der Waals surface area contributed by atoms with E-state index >= 15 is 0 Å². The first kappa shape index (κ1) is 17.8. The molecule has 0 radical (unpaired) electrons. The van der Waals surface area contributed by atoms with Gasteiger partial charge in [0.2, 0.25) is 11.8 Å². The summed E-state index contributed by atoms with van der Waals surface area (Å²) < 4.78 is 5.90. The van der Waals surface area contributed by atoms with Crippen molar-refractivity contribution in [1.82, 2.24) is 4.98 Å². The SMILES string of the molecule is Cc1c(NC(=O)CCC2CCCCC2)cccc1-c1nc2ccccc2o1. The number of fused-ring (bicyclic) bond motifs is 1. The van der Waals surface area contributed by atoms with Crippen LogP contribution in [0.25, 0.3) is 22.6 Å². The Labute approximate surface area is 160 Å². The van der Waals surface area contributed by atoms with E-state index in [4.69, 9.17) is 4.42 Å². The number of para-hydroxylation sites is 2. The van der Waals surface area contributed by atoms with Crippen molar-refractivity contribution in [2.24, 2.45) is 5.92 Å². The highest BCUT2D eigenvalue weighted by Crippen LogP contribution is 2.31. The van der Waals surface area contributed by atoms with Gasteiger partial charge >= 0.3 is 0 Å². The molecular formula is C23H26N2O2. The van der Waals surface area contributed by atoms with Gasteiger partial charge in [0.05, 0.1) is 0 Å². The van der Waals surface area contributed by atoms with E-state index < -0.39 is 0 Å². The maximum Gasteiger partial charge on any atom is 0.227 e. The fourth-order valence-electron chi connectivity index (χ4n) is 4.01. The van der Waals surface area contributed by atoms with Crippen LogP contribution in [0.2, 0.25) is 0 Å². The van der Waals surface area contributed by atoms with Crippen molar-refractivity contribution in [2.75, 3.05) is 5.32 Å². The molecule has 27 heavy (non-hydrogen) atoms. The molecule has 1 N–H and O–H groups in total. The second-order valence-corrected chi connectivity index (χ2v) is 7.56. The molecule has 0 atom stereocenters. The van der Waals surface area contributed by atoms with Crippen LogP contribution in [0.4, 0.5) is 5.69 Å². The molecule has 0 unspecified atom stereocenters. The molecule has 3 aromatic rings. The lowest BCUT2D eigenvalue weighted by Crippen LogP contribution is -2.15. The largest absolute Gasteiger partial charge is 0.436 e. The molecule has 4 rings (SSSR count). The molecule has 1 aliphatic rings. The number of amides is 1. The van der Waals surface area contributed by atoms with Crippen molar-refractivity contribution in [3.63, 3.8) is 0 Å². The number of hydrogen-bond acceptors (Lipinski definition) is 3. The van der Waals surface area contributed by atoms with Gasteiger partial charge in [0.25, 0.3) is 0 Å². The molecule has 1 fully saturated rings. The molecule has 0 aliphatic heterocycles. The molecule has 0 spiro atoms. The van der Waals surface area contributed by atoms with E-state index in [1.54, 1.807) is 0 Å². The van der Waals surface area contributed by atoms with Crippen LogP contribution in [0.5, 0.6) is 0 Å². The molecule has 2 aromatic carbocycles. The van der Waals surface area contributed by atoms with Crippen LogP contribution >= 0.6 is 0 Å². The van der Waals surface area contributed by atoms with Gasteiger partial charge in [-0.2, -0.15) is 0 Å². The third-order valence-electron chi connectivity index (χ3n) is 5.64. The molecule has 1 saturated carbocycles. The van der Waals surface area contributed by atoms with E-state index in [1.807, 2.05) is 49.4 Å². The van der Waals surface area contributed by atoms with Gasteiger partial charge in [-0.1, -0.05) is 50.3 Å². The number of nitrogens with one attached hydrogen (secondary N) is 1. The lowest BCUT2D eigenvalue weighted by Gasteiger charge is -2.21. The highest BCUT2D eigenvalue weighted by Gasteiger charge is 2.17. The van der Waals surface area contributed by atoms with Crippen LogP contribution in [-0.4, -0.2) is 10.9 Å². The minimum atomic E-state index is 0.0957. The van der Waals surface area contributed by atoms with E-state index in [0.717, 1.165) is 40.3 Å². The highest BCUT2D eigenvalue weighted by molar-refractivity contribution is 5.92. The Morgan fingerprint density at radius 1 is 1.11 bits per heavy atom. The quantitative estimate of drug-likeness (QED) is 0.596. The van der Waals surface area contributed by atoms with E-state index in [1.165, 1.54) is 32.1 Å². The number of oxazole rings is 1. The first-order chi connectivity index (χ1) is 13.2. The van der Waals surface area contributed by atoms with Crippen molar-refractivity contribution in [3.8, 4) is 11.5 Å². The third-order valence-corrected chi connectivity index (χ3v) is 5.64. The first-order valence-electron chi connectivity index (χ1n) is 9.96. The lowest BCUT2D eigenvalue weighted by atomic mass is 9.86. The number of nitrogens with zero attached hydrogens (tertiary/aromatic N) is 1. The Bertz CT molecular complexity index is 905. The molecule has 1 amide bonds. The number of rotatable bonds is 5. The Balaban J connectivity index is 1.47. The first-order valence-corrected chi connectivity index (χ1v) is 9.96. The van der Waals surface area contributed by atoms with Gasteiger partial charge in [-0.05, 0) is 49.1 Å². The highest BCUT2D eigenvalue weighted by atomic mass is 16.3. The summed E-state index contributed by atoms with van der Waals surface area (Å²) in [6.45, 7) is 2.00. The van der Waals surface area contributed by atoms with Crippen molar-refractivity contribution in [3.05, 3.63) is 48.0 Å². The normalized spacial score (nSPS) is 15.1. The van der Waals surface area contributed by atoms with Crippen molar-refractivity contribution in [2.45, 2.75) is 51.9 Å². The van der Waals surface area contributed by atoms with E-state index in [0.29, 0.717) is 12.3 Å². The second kappa shape index (κ2) is 7.95. The predicted molar refractivity (Wildman–Crippen MR) is 109 cm³/mol. The van der Waals surface area contributed by atoms with Crippen LogP contribution in [0, 0.1) is 12.8 Å². The molecule has 1 aliphatic carbocycles. The maximum absolute atomic E-state index is 12.4. The van der Waals surface area contributed by atoms with Crippen LogP contribution in [-0.2, 0) is 4.79 Å². The van der Waals surface area contributed by atoms with Crippen molar-refractivity contribution < 1.29 is 9.21 Å². The fourth-order valence-corrected chi connectivity index (χ4v) is 4.01. The number of benzene rings is 2. The topological polar surface area (TPSA) is 55.1 Å². The zero-order chi connectivity index (χ0) is 18.6. The standard InChI is InChI=1S/C23H26N2O2/c1-16-18(23-25-20-11-5-6-13-21(20)27-23)10-7-12-19(16)24-22(26)15-14-17-8-3-2-4-9-17/h5-7,10-13,17H,2-4,8-9,14-15H2,1H3,(H,24,26). The van der Waals surface area contributed by atoms with Gasteiger partial charge in [0.1, 0.15) is 5.52 Å². The summed E-state index contributed by atoms with van der Waals surface area (Å²) in [6.07, 6.45) is 8.13. The minimum absolute atomic E-state index is 0.0957. The smallest absolute Gasteiger partial charge is 0.227 e. The molecule has 4 heteroatoms. The monoisotopic (exact) mass is 362 g/mol. The zero-order valence-corrected chi connectivity index (χ0v) is 15.8. The Morgan fingerprint density at radius 3 is 2.74 bits per heavy atom. The van der Waals surface area contributed by atoms with Crippen LogP contribution in [0.3, 0.4) is 0 Å². The number of hydrogen-bond donors (Lipinski definition) is 1. The van der Waals surface area contributed by atoms with E-state index in [2.05, 4.69) is 10.3 Å². The zero-order valence-electron chi connectivity index (χ0n) is 15.8. The molecule has 1 aromatic heterocycles. The van der Waals surface area contributed by atoms with Gasteiger partial charge in [-0.3, -0.25) is 4.79 Å². The molecule has 140 valence electrons. The number of carbonyl (C=O) groups is 1. The maximum atomic E-state index is 12.4. The summed E-state index contributed by atoms with van der Waals surface area (Å²) >= 11 is 0. The van der Waals surface area contributed by atoms with Crippen molar-refractivity contribution >= 4 is 22.7 Å². The van der Waals surface area contributed by atoms with E-state index in [9.17, 15) is 4.79 Å². The minimum Gasteiger partial charge on any atom is -0.436 e. The summed E-state index contributed by atoms with van der Waals surface area (Å²) in [7, 11) is 0. The molecule has 0 bridgehead atoms. The Morgan fingerprint density at radius 2 is 1.93 bits per heavy atom. The summed E-state index contributed by atoms with van der Waals surface area (Å²) in [5, 5.41) is 3.09. The van der Waals surface area contributed by atoms with Crippen molar-refractivity contribution in [1.29, 1.82) is 0 Å².